The second kappa shape index (κ2) is 7.92. The molecule has 3 fully saturated rings. The van der Waals surface area contributed by atoms with Crippen LogP contribution in [-0.4, -0.2) is 81.7 Å². The van der Waals surface area contributed by atoms with Gasteiger partial charge in [0.15, 0.2) is 5.69 Å². The molecule has 0 bridgehead atoms. The fraction of sp³-hybridized carbons (Fsp3) is 0.778. The fourth-order valence-electron chi connectivity index (χ4n) is 4.27. The number of carbonyl (C=O) groups is 2. The van der Waals surface area contributed by atoms with Crippen molar-refractivity contribution in [2.45, 2.75) is 50.9 Å². The summed E-state index contributed by atoms with van der Waals surface area (Å²) in [5, 5.41) is 8.03. The van der Waals surface area contributed by atoms with Gasteiger partial charge >= 0.3 is 0 Å². The lowest BCUT2D eigenvalue weighted by molar-refractivity contribution is -0.139. The van der Waals surface area contributed by atoms with Crippen LogP contribution in [0.2, 0.25) is 0 Å². The third-order valence-corrected chi connectivity index (χ3v) is 5.77. The molecule has 0 spiro atoms. The van der Waals surface area contributed by atoms with Crippen molar-refractivity contribution in [1.29, 1.82) is 0 Å². The maximum atomic E-state index is 14.1. The van der Waals surface area contributed by atoms with E-state index in [0.717, 1.165) is 25.9 Å². The molecule has 3 aliphatic rings. The Morgan fingerprint density at radius 3 is 2.70 bits per heavy atom. The van der Waals surface area contributed by atoms with Crippen molar-refractivity contribution >= 4 is 11.8 Å². The lowest BCUT2D eigenvalue weighted by atomic mass is 9.98. The third-order valence-electron chi connectivity index (χ3n) is 5.77. The smallest absolute Gasteiger partial charge is 0.276 e. The molecule has 3 saturated heterocycles. The first-order valence-corrected chi connectivity index (χ1v) is 9.83. The first-order chi connectivity index (χ1) is 13.1. The van der Waals surface area contributed by atoms with E-state index >= 15 is 0 Å². The van der Waals surface area contributed by atoms with E-state index in [2.05, 4.69) is 10.3 Å². The predicted molar refractivity (Wildman–Crippen MR) is 93.7 cm³/mol. The van der Waals surface area contributed by atoms with Gasteiger partial charge in [-0.1, -0.05) is 5.21 Å². The van der Waals surface area contributed by atoms with Crippen LogP contribution in [0.3, 0.4) is 0 Å². The van der Waals surface area contributed by atoms with Crippen LogP contribution in [0.1, 0.15) is 42.6 Å². The highest BCUT2D eigenvalue weighted by atomic mass is 19.1. The normalized spacial score (nSPS) is 26.7. The second-order valence-electron chi connectivity index (χ2n) is 7.69. The lowest BCUT2D eigenvalue weighted by Crippen LogP contribution is -2.43. The quantitative estimate of drug-likeness (QED) is 0.776. The molecule has 8 nitrogen and oxygen atoms in total. The van der Waals surface area contributed by atoms with Crippen molar-refractivity contribution < 1.29 is 18.7 Å². The minimum atomic E-state index is -1.02. The van der Waals surface area contributed by atoms with Gasteiger partial charge in [0.2, 0.25) is 5.91 Å². The minimum absolute atomic E-state index is 0.0110. The molecule has 2 atom stereocenters. The largest absolute Gasteiger partial charge is 0.381 e. The zero-order chi connectivity index (χ0) is 18.8. The van der Waals surface area contributed by atoms with Crippen molar-refractivity contribution in [3.8, 4) is 0 Å². The highest BCUT2D eigenvalue weighted by Crippen LogP contribution is 2.27. The standard InChI is InChI=1S/C18H26FN5O3/c19-14-9-15(24(10-14)17(25)13-3-7-27-8-4-13)11-23-12-16(20-21-23)18(26)22-5-1-2-6-22/h12-15H,1-11H2/t14-,15-/m0/s1. The van der Waals surface area contributed by atoms with Gasteiger partial charge < -0.3 is 14.5 Å². The van der Waals surface area contributed by atoms with E-state index in [0.29, 0.717) is 44.7 Å². The van der Waals surface area contributed by atoms with Crippen LogP contribution < -0.4 is 0 Å². The maximum absolute atomic E-state index is 14.1. The minimum Gasteiger partial charge on any atom is -0.381 e. The number of nitrogens with zero attached hydrogens (tertiary/aromatic N) is 5. The molecule has 9 heteroatoms. The number of likely N-dealkylation sites (tertiary alicyclic amines) is 2. The summed E-state index contributed by atoms with van der Waals surface area (Å²) in [6.45, 7) is 3.17. The van der Waals surface area contributed by atoms with Gasteiger partial charge in [-0.15, -0.1) is 5.10 Å². The van der Waals surface area contributed by atoms with Crippen LogP contribution in [0, 0.1) is 5.92 Å². The molecule has 4 rings (SSSR count). The fourth-order valence-corrected chi connectivity index (χ4v) is 4.27. The highest BCUT2D eigenvalue weighted by molar-refractivity contribution is 5.92. The molecule has 0 saturated carbocycles. The SMILES string of the molecule is O=C(c1cn(C[C@@H]2C[C@H](F)CN2C(=O)C2CCOCC2)nn1)N1CCCC1. The van der Waals surface area contributed by atoms with Gasteiger partial charge in [-0.25, -0.2) is 9.07 Å². The molecule has 1 aromatic rings. The van der Waals surface area contributed by atoms with Crippen LogP contribution in [0.5, 0.6) is 0 Å². The van der Waals surface area contributed by atoms with Crippen LogP contribution in [0.4, 0.5) is 4.39 Å². The van der Waals surface area contributed by atoms with E-state index in [1.54, 1.807) is 20.7 Å². The van der Waals surface area contributed by atoms with Gasteiger partial charge in [0.1, 0.15) is 6.17 Å². The highest BCUT2D eigenvalue weighted by Gasteiger charge is 2.39. The number of aromatic nitrogens is 3. The van der Waals surface area contributed by atoms with Crippen LogP contribution in [-0.2, 0) is 16.1 Å². The molecule has 4 heterocycles. The number of rotatable bonds is 4. The van der Waals surface area contributed by atoms with Gasteiger partial charge in [0.25, 0.3) is 5.91 Å². The van der Waals surface area contributed by atoms with Crippen LogP contribution in [0.15, 0.2) is 6.20 Å². The van der Waals surface area contributed by atoms with E-state index < -0.39 is 6.17 Å². The van der Waals surface area contributed by atoms with Gasteiger partial charge in [-0.2, -0.15) is 0 Å². The summed E-state index contributed by atoms with van der Waals surface area (Å²) in [5.41, 5.74) is 0.314. The van der Waals surface area contributed by atoms with E-state index in [4.69, 9.17) is 4.74 Å². The molecule has 1 aromatic heterocycles. The molecule has 3 aliphatic heterocycles. The van der Waals surface area contributed by atoms with Crippen LogP contribution in [0.25, 0.3) is 0 Å². The third kappa shape index (κ3) is 3.97. The van der Waals surface area contributed by atoms with E-state index in [9.17, 15) is 14.0 Å². The molecule has 148 valence electrons. The Labute approximate surface area is 157 Å². The summed E-state index contributed by atoms with van der Waals surface area (Å²) in [7, 11) is 0. The second-order valence-corrected chi connectivity index (χ2v) is 7.69. The van der Waals surface area contributed by atoms with Gasteiger partial charge in [0.05, 0.1) is 25.3 Å². The zero-order valence-corrected chi connectivity index (χ0v) is 15.4. The first kappa shape index (κ1) is 18.3. The molecule has 27 heavy (non-hydrogen) atoms. The lowest BCUT2D eigenvalue weighted by Gasteiger charge is -2.30. The number of halogens is 1. The molecule has 0 unspecified atom stereocenters. The Kier molecular flexibility index (Phi) is 5.38. The first-order valence-electron chi connectivity index (χ1n) is 9.83. The summed E-state index contributed by atoms with van der Waals surface area (Å²) in [6, 6.07) is -0.258. The Morgan fingerprint density at radius 2 is 1.96 bits per heavy atom. The van der Waals surface area contributed by atoms with E-state index in [1.165, 1.54) is 0 Å². The van der Waals surface area contributed by atoms with E-state index in [-0.39, 0.29) is 30.3 Å². The average Bonchev–Trinajstić information content (AvgIpc) is 3.43. The Bertz CT molecular complexity index is 684. The predicted octanol–water partition coefficient (Wildman–Crippen LogP) is 0.880. The summed E-state index contributed by atoms with van der Waals surface area (Å²) in [5.74, 6) is -0.185. The number of carbonyl (C=O) groups excluding carboxylic acids is 2. The van der Waals surface area contributed by atoms with Gasteiger partial charge in [0, 0.05) is 38.6 Å². The van der Waals surface area contributed by atoms with Crippen molar-refractivity contribution in [2.24, 2.45) is 5.92 Å². The number of alkyl halides is 1. The molecular formula is C18H26FN5O3. The molecular weight excluding hydrogens is 353 g/mol. The molecule has 2 amide bonds. The zero-order valence-electron chi connectivity index (χ0n) is 15.4. The number of ether oxygens (including phenoxy) is 1. The van der Waals surface area contributed by atoms with Crippen molar-refractivity contribution in [3.63, 3.8) is 0 Å². The Hall–Kier alpha value is -2.03. The number of amides is 2. The summed E-state index contributed by atoms with van der Waals surface area (Å²) in [6.07, 6.45) is 4.31. The summed E-state index contributed by atoms with van der Waals surface area (Å²) >= 11 is 0. The van der Waals surface area contributed by atoms with Crippen molar-refractivity contribution in [1.82, 2.24) is 24.8 Å². The van der Waals surface area contributed by atoms with Gasteiger partial charge in [-0.05, 0) is 25.7 Å². The van der Waals surface area contributed by atoms with E-state index in [1.807, 2.05) is 0 Å². The topological polar surface area (TPSA) is 80.6 Å². The molecule has 0 aliphatic carbocycles. The Morgan fingerprint density at radius 1 is 1.22 bits per heavy atom. The van der Waals surface area contributed by atoms with Crippen molar-refractivity contribution in [3.05, 3.63) is 11.9 Å². The summed E-state index contributed by atoms with van der Waals surface area (Å²) in [4.78, 5) is 28.7. The van der Waals surface area contributed by atoms with Crippen molar-refractivity contribution in [2.75, 3.05) is 32.8 Å². The molecule has 0 aromatic carbocycles. The summed E-state index contributed by atoms with van der Waals surface area (Å²) < 4.78 is 21.0. The monoisotopic (exact) mass is 379 g/mol. The number of hydrogen-bond donors (Lipinski definition) is 0. The Balaban J connectivity index is 1.41. The number of hydrogen-bond acceptors (Lipinski definition) is 5. The molecule has 0 radical (unpaired) electrons. The molecule has 0 N–H and O–H groups in total. The van der Waals surface area contributed by atoms with Gasteiger partial charge in [-0.3, -0.25) is 9.59 Å². The average molecular weight is 379 g/mol. The van der Waals surface area contributed by atoms with Crippen LogP contribution >= 0.6 is 0 Å². The maximum Gasteiger partial charge on any atom is 0.276 e.